The summed E-state index contributed by atoms with van der Waals surface area (Å²) in [7, 11) is 1.58. The van der Waals surface area contributed by atoms with Crippen LogP contribution < -0.4 is 4.74 Å². The van der Waals surface area contributed by atoms with Crippen molar-refractivity contribution in [2.45, 2.75) is 26.4 Å². The summed E-state index contributed by atoms with van der Waals surface area (Å²) in [6.07, 6.45) is 0. The van der Waals surface area contributed by atoms with Crippen LogP contribution in [0.2, 0.25) is 0 Å². The first-order valence-corrected chi connectivity index (χ1v) is 10.7. The van der Waals surface area contributed by atoms with Crippen LogP contribution in [-0.4, -0.2) is 33.7 Å². The summed E-state index contributed by atoms with van der Waals surface area (Å²) in [6, 6.07) is 29.5. The first-order valence-electron chi connectivity index (χ1n) is 10.7. The Morgan fingerprint density at radius 3 is 2.03 bits per heavy atom. The largest absolute Gasteiger partial charge is 0.480 e. The molecule has 0 fully saturated rings. The highest BCUT2D eigenvalue weighted by Gasteiger charge is 2.31. The van der Waals surface area contributed by atoms with Gasteiger partial charge in [-0.1, -0.05) is 78.9 Å². The molecule has 0 aliphatic carbocycles. The molecule has 1 heterocycles. The molecule has 32 heavy (non-hydrogen) atoms. The fourth-order valence-corrected chi connectivity index (χ4v) is 3.74. The van der Waals surface area contributed by atoms with E-state index in [1.54, 1.807) is 11.8 Å². The Labute approximate surface area is 188 Å². The molecule has 3 aromatic carbocycles. The first-order chi connectivity index (χ1) is 15.6. The molecule has 1 aromatic heterocycles. The average Bonchev–Trinajstić information content (AvgIpc) is 3.23. The Bertz CT molecular complexity index is 1170. The molecular formula is C27H27N3O2. The van der Waals surface area contributed by atoms with E-state index < -0.39 is 0 Å². The van der Waals surface area contributed by atoms with Crippen LogP contribution in [0.4, 0.5) is 0 Å². The molecule has 0 saturated heterocycles. The maximum Gasteiger partial charge on any atom is 0.262 e. The second-order valence-electron chi connectivity index (χ2n) is 7.86. The number of nitrogens with zero attached hydrogens (tertiary/aromatic N) is 3. The van der Waals surface area contributed by atoms with Crippen LogP contribution >= 0.6 is 0 Å². The van der Waals surface area contributed by atoms with E-state index in [-0.39, 0.29) is 11.9 Å². The van der Waals surface area contributed by atoms with E-state index in [1.807, 2.05) is 110 Å². The number of amides is 1. The number of hydrogen-bond donors (Lipinski definition) is 0. The number of ether oxygens (including phenoxy) is 1. The zero-order valence-electron chi connectivity index (χ0n) is 18.6. The molecule has 0 aliphatic rings. The molecule has 0 N–H and O–H groups in total. The van der Waals surface area contributed by atoms with Crippen molar-refractivity contribution in [3.63, 3.8) is 0 Å². The summed E-state index contributed by atoms with van der Waals surface area (Å²) in [5, 5.41) is 4.84. The maximum atomic E-state index is 14.0. The third-order valence-corrected chi connectivity index (χ3v) is 5.38. The van der Waals surface area contributed by atoms with Gasteiger partial charge in [0.1, 0.15) is 11.3 Å². The Morgan fingerprint density at radius 1 is 0.906 bits per heavy atom. The molecule has 5 nitrogen and oxygen atoms in total. The highest BCUT2D eigenvalue weighted by molar-refractivity contribution is 6.02. The highest BCUT2D eigenvalue weighted by Crippen LogP contribution is 2.34. The molecular weight excluding hydrogens is 398 g/mol. The average molecular weight is 426 g/mol. The number of aromatic nitrogens is 2. The molecule has 0 bridgehead atoms. The van der Waals surface area contributed by atoms with Crippen molar-refractivity contribution in [2.75, 3.05) is 7.11 Å². The molecule has 0 spiro atoms. The van der Waals surface area contributed by atoms with Gasteiger partial charge in [-0.25, -0.2) is 0 Å². The molecule has 1 amide bonds. The quantitative estimate of drug-likeness (QED) is 0.387. The molecule has 0 atom stereocenters. The lowest BCUT2D eigenvalue weighted by Crippen LogP contribution is -2.36. The topological polar surface area (TPSA) is 47.4 Å². The maximum absolute atomic E-state index is 14.0. The fourth-order valence-electron chi connectivity index (χ4n) is 3.74. The lowest BCUT2D eigenvalue weighted by atomic mass is 10.1. The molecule has 5 heteroatoms. The summed E-state index contributed by atoms with van der Waals surface area (Å²) in [6.45, 7) is 4.56. The van der Waals surface area contributed by atoms with Crippen LogP contribution in [-0.2, 0) is 6.54 Å². The predicted molar refractivity (Wildman–Crippen MR) is 127 cm³/mol. The van der Waals surface area contributed by atoms with Crippen LogP contribution in [0.1, 0.15) is 29.8 Å². The molecule has 0 saturated carbocycles. The summed E-state index contributed by atoms with van der Waals surface area (Å²) in [4.78, 5) is 15.9. The molecule has 0 aliphatic heterocycles. The lowest BCUT2D eigenvalue weighted by Gasteiger charge is -2.27. The van der Waals surface area contributed by atoms with E-state index in [4.69, 9.17) is 9.84 Å². The van der Waals surface area contributed by atoms with Gasteiger partial charge < -0.3 is 9.64 Å². The van der Waals surface area contributed by atoms with Gasteiger partial charge >= 0.3 is 0 Å². The van der Waals surface area contributed by atoms with Gasteiger partial charge in [-0.2, -0.15) is 9.78 Å². The van der Waals surface area contributed by atoms with Crippen molar-refractivity contribution in [1.82, 2.24) is 14.7 Å². The fraction of sp³-hybridized carbons (Fsp3) is 0.185. The first kappa shape index (κ1) is 21.4. The number of hydrogen-bond acceptors (Lipinski definition) is 3. The van der Waals surface area contributed by atoms with Gasteiger partial charge in [-0.15, -0.1) is 0 Å². The second-order valence-corrected chi connectivity index (χ2v) is 7.86. The zero-order chi connectivity index (χ0) is 22.5. The number of para-hydroxylation sites is 1. The number of carbonyl (C=O) groups excluding carboxylic acids is 1. The zero-order valence-corrected chi connectivity index (χ0v) is 18.6. The van der Waals surface area contributed by atoms with E-state index in [9.17, 15) is 4.79 Å². The molecule has 4 aromatic rings. The van der Waals surface area contributed by atoms with Crippen LogP contribution in [0.15, 0.2) is 91.0 Å². The third kappa shape index (κ3) is 4.28. The van der Waals surface area contributed by atoms with Gasteiger partial charge in [-0.3, -0.25) is 4.79 Å². The van der Waals surface area contributed by atoms with Crippen molar-refractivity contribution >= 4 is 5.91 Å². The predicted octanol–water partition coefficient (Wildman–Crippen LogP) is 5.60. The molecule has 4 rings (SSSR count). The summed E-state index contributed by atoms with van der Waals surface area (Å²) in [5.41, 5.74) is 3.85. The van der Waals surface area contributed by atoms with Gasteiger partial charge in [0, 0.05) is 18.2 Å². The van der Waals surface area contributed by atoms with E-state index in [2.05, 4.69) is 0 Å². The minimum atomic E-state index is -0.110. The minimum Gasteiger partial charge on any atom is -0.480 e. The summed E-state index contributed by atoms with van der Waals surface area (Å²) >= 11 is 0. The van der Waals surface area contributed by atoms with Gasteiger partial charge in [0.05, 0.1) is 12.8 Å². The van der Waals surface area contributed by atoms with Gasteiger partial charge in [0.15, 0.2) is 0 Å². The van der Waals surface area contributed by atoms with Gasteiger partial charge in [0.25, 0.3) is 5.91 Å². The SMILES string of the molecule is COc1c(C(=O)N(Cc2ccccc2)C(C)C)c(-c2ccccc2)nn1-c1ccccc1. The Morgan fingerprint density at radius 2 is 1.47 bits per heavy atom. The minimum absolute atomic E-state index is 0.00360. The monoisotopic (exact) mass is 425 g/mol. The highest BCUT2D eigenvalue weighted by atomic mass is 16.5. The number of benzene rings is 3. The molecule has 162 valence electrons. The summed E-state index contributed by atoms with van der Waals surface area (Å²) < 4.78 is 7.49. The van der Waals surface area contributed by atoms with Gasteiger partial charge in [0.2, 0.25) is 5.88 Å². The van der Waals surface area contributed by atoms with E-state index >= 15 is 0 Å². The van der Waals surface area contributed by atoms with Crippen LogP contribution in [0, 0.1) is 0 Å². The number of methoxy groups -OCH3 is 1. The van der Waals surface area contributed by atoms with Crippen LogP contribution in [0.25, 0.3) is 16.9 Å². The van der Waals surface area contributed by atoms with E-state index in [0.29, 0.717) is 23.7 Å². The lowest BCUT2D eigenvalue weighted by molar-refractivity contribution is 0.0687. The van der Waals surface area contributed by atoms with Crippen molar-refractivity contribution in [3.8, 4) is 22.8 Å². The van der Waals surface area contributed by atoms with Crippen molar-refractivity contribution in [1.29, 1.82) is 0 Å². The number of carbonyl (C=O) groups is 1. The smallest absolute Gasteiger partial charge is 0.262 e. The Balaban J connectivity index is 1.87. The molecule has 0 unspecified atom stereocenters. The Hall–Kier alpha value is -3.86. The van der Waals surface area contributed by atoms with E-state index in [0.717, 1.165) is 16.8 Å². The van der Waals surface area contributed by atoms with Crippen molar-refractivity contribution in [2.24, 2.45) is 0 Å². The van der Waals surface area contributed by atoms with Crippen LogP contribution in [0.5, 0.6) is 5.88 Å². The number of rotatable bonds is 7. The van der Waals surface area contributed by atoms with Gasteiger partial charge in [-0.05, 0) is 31.5 Å². The Kier molecular flexibility index (Phi) is 6.36. The summed E-state index contributed by atoms with van der Waals surface area (Å²) in [5.74, 6) is 0.320. The van der Waals surface area contributed by atoms with E-state index in [1.165, 1.54) is 0 Å². The molecule has 0 radical (unpaired) electrons. The van der Waals surface area contributed by atoms with Crippen molar-refractivity contribution in [3.05, 3.63) is 102 Å². The third-order valence-electron chi connectivity index (χ3n) is 5.38. The van der Waals surface area contributed by atoms with Crippen molar-refractivity contribution < 1.29 is 9.53 Å². The van der Waals surface area contributed by atoms with Crippen LogP contribution in [0.3, 0.4) is 0 Å². The normalized spacial score (nSPS) is 10.9. The second kappa shape index (κ2) is 9.52. The standard InChI is InChI=1S/C27H27N3O2/c1-20(2)29(19-21-13-7-4-8-14-21)26(31)24-25(22-15-9-5-10-16-22)28-30(27(24)32-3)23-17-11-6-12-18-23/h4-18,20H,19H2,1-3H3.